The molecule has 0 fully saturated rings. The van der Waals surface area contributed by atoms with Crippen molar-refractivity contribution in [2.75, 3.05) is 33.0 Å². The van der Waals surface area contributed by atoms with Crippen molar-refractivity contribution >= 4 is 35.0 Å². The van der Waals surface area contributed by atoms with Gasteiger partial charge in [-0.1, -0.05) is 13.3 Å². The molecular weight excluding hydrogens is 288 g/mol. The molecule has 0 rings (SSSR count). The number of aliphatic hydroxyl groups excluding tert-OH is 1. The van der Waals surface area contributed by atoms with E-state index in [0.717, 1.165) is 19.4 Å². The first-order valence-corrected chi connectivity index (χ1v) is 7.15. The number of ether oxygens (including phenoxy) is 3. The summed E-state index contributed by atoms with van der Waals surface area (Å²) in [7, 11) is 0. The quantitative estimate of drug-likeness (QED) is 0.322. The zero-order valence-electron chi connectivity index (χ0n) is 11.2. The van der Waals surface area contributed by atoms with E-state index in [1.165, 1.54) is 0 Å². The molecule has 0 saturated heterocycles. The van der Waals surface area contributed by atoms with Gasteiger partial charge in [-0.25, -0.2) is 0 Å². The maximum absolute atomic E-state index is 10.6. The smallest absolute Gasteiger partial charge is 0.189 e. The number of thiocarbonyl (C=S) groups is 1. The molecule has 0 aliphatic heterocycles. The lowest BCUT2D eigenvalue weighted by molar-refractivity contribution is -0.111. The van der Waals surface area contributed by atoms with Gasteiger partial charge in [-0.2, -0.15) is 0 Å². The lowest BCUT2D eigenvalue weighted by atomic mass is 10.3. The zero-order chi connectivity index (χ0) is 14.5. The number of hydrogen-bond acceptors (Lipinski definition) is 6. The van der Waals surface area contributed by atoms with Crippen LogP contribution in [0.1, 0.15) is 26.2 Å². The highest BCUT2D eigenvalue weighted by atomic mass is 32.1. The second kappa shape index (κ2) is 12.8. The predicted molar refractivity (Wildman–Crippen MR) is 79.7 cm³/mol. The van der Waals surface area contributed by atoms with Crippen molar-refractivity contribution in [2.24, 2.45) is 0 Å². The highest BCUT2D eigenvalue weighted by Gasteiger charge is 2.14. The topological polar surface area (TPSA) is 65.0 Å². The van der Waals surface area contributed by atoms with Gasteiger partial charge in [-0.15, -0.1) is 12.6 Å². The summed E-state index contributed by atoms with van der Waals surface area (Å²) < 4.78 is 15.6. The van der Waals surface area contributed by atoms with E-state index < -0.39 is 11.2 Å². The summed E-state index contributed by atoms with van der Waals surface area (Å²) >= 11 is 8.36. The van der Waals surface area contributed by atoms with Crippen molar-refractivity contribution in [1.29, 1.82) is 0 Å². The molecule has 5 nitrogen and oxygen atoms in total. The van der Waals surface area contributed by atoms with Crippen molar-refractivity contribution in [1.82, 2.24) is 0 Å². The van der Waals surface area contributed by atoms with Crippen molar-refractivity contribution in [3.05, 3.63) is 0 Å². The largest absolute Gasteiger partial charge is 0.482 e. The van der Waals surface area contributed by atoms with Gasteiger partial charge < -0.3 is 19.3 Å². The Balaban J connectivity index is 3.34. The van der Waals surface area contributed by atoms with E-state index in [2.05, 4.69) is 19.6 Å². The van der Waals surface area contributed by atoms with E-state index >= 15 is 0 Å². The van der Waals surface area contributed by atoms with E-state index in [1.807, 2.05) is 0 Å². The lowest BCUT2D eigenvalue weighted by Crippen LogP contribution is -2.24. The van der Waals surface area contributed by atoms with Crippen LogP contribution in [0.25, 0.3) is 0 Å². The van der Waals surface area contributed by atoms with Crippen LogP contribution in [-0.2, 0) is 19.0 Å². The van der Waals surface area contributed by atoms with Crippen LogP contribution < -0.4 is 0 Å². The summed E-state index contributed by atoms with van der Waals surface area (Å²) in [6.07, 6.45) is 0.939. The van der Waals surface area contributed by atoms with E-state index in [9.17, 15) is 9.90 Å². The molecule has 0 spiro atoms. The van der Waals surface area contributed by atoms with Gasteiger partial charge in [0.15, 0.2) is 10.2 Å². The van der Waals surface area contributed by atoms with Crippen LogP contribution in [0.2, 0.25) is 0 Å². The number of carbonyl (C=O) groups is 1. The van der Waals surface area contributed by atoms with Crippen molar-refractivity contribution in [3.63, 3.8) is 0 Å². The van der Waals surface area contributed by atoms with Gasteiger partial charge in [0.1, 0.15) is 12.7 Å². The Morgan fingerprint density at radius 3 is 2.37 bits per heavy atom. The van der Waals surface area contributed by atoms with Gasteiger partial charge in [0.2, 0.25) is 0 Å². The molecule has 0 radical (unpaired) electrons. The maximum Gasteiger partial charge on any atom is 0.189 e. The van der Waals surface area contributed by atoms with Crippen molar-refractivity contribution in [2.45, 2.75) is 32.3 Å². The third-order valence-electron chi connectivity index (χ3n) is 2.13. The Kier molecular flexibility index (Phi) is 12.7. The molecule has 0 amide bonds. The Morgan fingerprint density at radius 1 is 1.21 bits per heavy atom. The summed E-state index contributed by atoms with van der Waals surface area (Å²) in [5.41, 5.74) is 0. The molecule has 0 bridgehead atoms. The van der Waals surface area contributed by atoms with Crippen LogP contribution >= 0.6 is 24.8 Å². The maximum atomic E-state index is 10.6. The third kappa shape index (κ3) is 12.6. The van der Waals surface area contributed by atoms with Gasteiger partial charge in [0, 0.05) is 6.61 Å². The van der Waals surface area contributed by atoms with Crippen LogP contribution in [0.4, 0.5) is 0 Å². The summed E-state index contributed by atoms with van der Waals surface area (Å²) in [6, 6.07) is 0. The van der Waals surface area contributed by atoms with Crippen LogP contribution in [-0.4, -0.2) is 54.4 Å². The molecule has 0 aliphatic carbocycles. The van der Waals surface area contributed by atoms with Gasteiger partial charge in [-0.3, -0.25) is 4.79 Å². The molecular formula is C12H22O5S2. The van der Waals surface area contributed by atoms with Gasteiger partial charge >= 0.3 is 0 Å². The number of rotatable bonds is 12. The first-order chi connectivity index (χ1) is 9.07. The molecule has 0 saturated carbocycles. The Morgan fingerprint density at radius 2 is 1.79 bits per heavy atom. The normalized spacial score (nSPS) is 12.2. The average molecular weight is 310 g/mol. The molecule has 1 atom stereocenters. The zero-order valence-corrected chi connectivity index (χ0v) is 12.9. The lowest BCUT2D eigenvalue weighted by Gasteiger charge is -2.12. The Labute approximate surface area is 125 Å². The second-order valence-electron chi connectivity index (χ2n) is 3.86. The van der Waals surface area contributed by atoms with Gasteiger partial charge in [0.05, 0.1) is 26.2 Å². The van der Waals surface area contributed by atoms with Crippen molar-refractivity contribution < 1.29 is 24.1 Å². The molecule has 0 aromatic heterocycles. The minimum Gasteiger partial charge on any atom is -0.482 e. The third-order valence-corrected chi connectivity index (χ3v) is 2.70. The summed E-state index contributed by atoms with van der Waals surface area (Å²) in [4.78, 5) is 10.6. The monoisotopic (exact) mass is 310 g/mol. The van der Waals surface area contributed by atoms with Gasteiger partial charge in [-0.05, 0) is 18.6 Å². The van der Waals surface area contributed by atoms with Gasteiger partial charge in [0.25, 0.3) is 0 Å². The van der Waals surface area contributed by atoms with Crippen molar-refractivity contribution in [3.8, 4) is 0 Å². The van der Waals surface area contributed by atoms with E-state index in [1.54, 1.807) is 0 Å². The molecule has 1 unspecified atom stereocenters. The number of hydrogen-bond donors (Lipinski definition) is 2. The Hall–Kier alpha value is -0.210. The molecule has 0 aromatic carbocycles. The fourth-order valence-electron chi connectivity index (χ4n) is 1.11. The molecule has 0 heterocycles. The molecule has 0 aromatic rings. The first kappa shape index (κ1) is 18.8. The van der Waals surface area contributed by atoms with E-state index in [0.29, 0.717) is 19.8 Å². The standard InChI is InChI=1S/C12H22O5S2/c1-2-3-4-15-5-6-16-7-8-17-12(19)10(13)9-11(14)18/h10,13H,2-9H2,1H3,(H,14,18). The second-order valence-corrected chi connectivity index (χ2v) is 4.76. The number of thiol groups is 1. The average Bonchev–Trinajstić information content (AvgIpc) is 2.35. The number of aliphatic hydroxyl groups is 1. The van der Waals surface area contributed by atoms with Crippen LogP contribution in [0, 0.1) is 0 Å². The minimum absolute atomic E-state index is 0.00908. The highest BCUT2D eigenvalue weighted by Crippen LogP contribution is 2.00. The van der Waals surface area contributed by atoms with Crippen LogP contribution in [0.15, 0.2) is 0 Å². The minimum atomic E-state index is -1.09. The van der Waals surface area contributed by atoms with E-state index in [4.69, 9.17) is 26.4 Å². The SMILES string of the molecule is CCCCOCCOCCOC(=S)C(O)CC(=O)S. The summed E-state index contributed by atoms with van der Waals surface area (Å²) in [5, 5.41) is 8.97. The fourth-order valence-corrected chi connectivity index (χ4v) is 1.45. The molecule has 7 heteroatoms. The first-order valence-electron chi connectivity index (χ1n) is 6.30. The molecule has 0 aliphatic rings. The predicted octanol–water partition coefficient (Wildman–Crippen LogP) is 1.37. The van der Waals surface area contributed by atoms with E-state index in [-0.39, 0.29) is 18.1 Å². The Bertz CT molecular complexity index is 261. The molecule has 19 heavy (non-hydrogen) atoms. The van der Waals surface area contributed by atoms with Crippen LogP contribution in [0.3, 0.4) is 0 Å². The number of carbonyl (C=O) groups excluding carboxylic acids is 1. The highest BCUT2D eigenvalue weighted by molar-refractivity contribution is 7.96. The molecule has 112 valence electrons. The summed E-state index contributed by atoms with van der Waals surface area (Å²) in [6.45, 7) is 4.52. The number of unbranched alkanes of at least 4 members (excludes halogenated alkanes) is 1. The van der Waals surface area contributed by atoms with Crippen LogP contribution in [0.5, 0.6) is 0 Å². The summed E-state index contributed by atoms with van der Waals surface area (Å²) in [5.74, 6) is 0. The molecule has 1 N–H and O–H groups in total. The fraction of sp³-hybridized carbons (Fsp3) is 0.833.